The number of carbonyl (C=O) groups is 1. The van der Waals surface area contributed by atoms with Crippen LogP contribution in [0.2, 0.25) is 0 Å². The molecule has 0 heterocycles. The molecule has 0 radical (unpaired) electrons. The van der Waals surface area contributed by atoms with Crippen LogP contribution in [0.5, 0.6) is 0 Å². The molecule has 3 nitrogen and oxygen atoms in total. The SMILES string of the molecule is CCCC(CN)C(=O)Nc1cc(C(F)(F)F)ccc1Br. The number of nitrogens with two attached hydrogens (primary N) is 1. The van der Waals surface area contributed by atoms with E-state index in [-0.39, 0.29) is 18.1 Å². The molecule has 1 aromatic rings. The van der Waals surface area contributed by atoms with Crippen LogP contribution in [-0.4, -0.2) is 12.5 Å². The Labute approximate surface area is 123 Å². The molecule has 0 fully saturated rings. The molecule has 3 N–H and O–H groups in total. The highest BCUT2D eigenvalue weighted by molar-refractivity contribution is 9.10. The van der Waals surface area contributed by atoms with Crippen LogP contribution >= 0.6 is 15.9 Å². The van der Waals surface area contributed by atoms with Gasteiger partial charge in [0.2, 0.25) is 5.91 Å². The van der Waals surface area contributed by atoms with Crippen molar-refractivity contribution >= 4 is 27.5 Å². The summed E-state index contributed by atoms with van der Waals surface area (Å²) in [6.45, 7) is 2.08. The zero-order valence-corrected chi connectivity index (χ0v) is 12.5. The van der Waals surface area contributed by atoms with Gasteiger partial charge in [-0.1, -0.05) is 13.3 Å². The van der Waals surface area contributed by atoms with Crippen LogP contribution in [0.15, 0.2) is 22.7 Å². The average molecular weight is 353 g/mol. The monoisotopic (exact) mass is 352 g/mol. The number of carbonyl (C=O) groups excluding carboxylic acids is 1. The molecule has 1 aromatic carbocycles. The van der Waals surface area contributed by atoms with E-state index in [1.807, 2.05) is 6.92 Å². The molecule has 20 heavy (non-hydrogen) atoms. The number of amides is 1. The second-order valence-electron chi connectivity index (χ2n) is 4.40. The first-order valence-electron chi connectivity index (χ1n) is 6.17. The summed E-state index contributed by atoms with van der Waals surface area (Å²) < 4.78 is 38.3. The Bertz CT molecular complexity index is 477. The fourth-order valence-corrected chi connectivity index (χ4v) is 2.08. The topological polar surface area (TPSA) is 55.1 Å². The van der Waals surface area contributed by atoms with Gasteiger partial charge in [-0.3, -0.25) is 4.79 Å². The van der Waals surface area contributed by atoms with Crippen LogP contribution in [0.3, 0.4) is 0 Å². The van der Waals surface area contributed by atoms with Gasteiger partial charge in [-0.25, -0.2) is 0 Å². The van der Waals surface area contributed by atoms with Gasteiger partial charge in [0.25, 0.3) is 0 Å². The predicted octanol–water partition coefficient (Wildman–Crippen LogP) is 3.78. The van der Waals surface area contributed by atoms with E-state index in [0.717, 1.165) is 18.6 Å². The van der Waals surface area contributed by atoms with Gasteiger partial charge in [-0.05, 0) is 40.5 Å². The quantitative estimate of drug-likeness (QED) is 0.847. The number of alkyl halides is 3. The Kier molecular flexibility index (Phi) is 6.01. The Morgan fingerprint density at radius 2 is 2.10 bits per heavy atom. The van der Waals surface area contributed by atoms with Crippen molar-refractivity contribution in [2.45, 2.75) is 25.9 Å². The van der Waals surface area contributed by atoms with E-state index in [9.17, 15) is 18.0 Å². The van der Waals surface area contributed by atoms with E-state index in [2.05, 4.69) is 21.2 Å². The van der Waals surface area contributed by atoms with Crippen LogP contribution in [0, 0.1) is 5.92 Å². The number of benzene rings is 1. The molecule has 0 aliphatic heterocycles. The first-order chi connectivity index (χ1) is 9.29. The summed E-state index contributed by atoms with van der Waals surface area (Å²) in [6, 6.07) is 3.11. The number of hydrogen-bond donors (Lipinski definition) is 2. The number of anilines is 1. The summed E-state index contributed by atoms with van der Waals surface area (Å²) in [4.78, 5) is 12.0. The fourth-order valence-electron chi connectivity index (χ4n) is 1.74. The first kappa shape index (κ1) is 17.0. The highest BCUT2D eigenvalue weighted by atomic mass is 79.9. The number of hydrogen-bond acceptors (Lipinski definition) is 2. The van der Waals surface area contributed by atoms with Crippen molar-refractivity contribution < 1.29 is 18.0 Å². The molecule has 1 amide bonds. The van der Waals surface area contributed by atoms with Gasteiger partial charge in [-0.2, -0.15) is 13.2 Å². The molecule has 0 bridgehead atoms. The van der Waals surface area contributed by atoms with Gasteiger partial charge in [0.15, 0.2) is 0 Å². The van der Waals surface area contributed by atoms with Gasteiger partial charge in [0.1, 0.15) is 0 Å². The molecule has 0 aliphatic rings. The summed E-state index contributed by atoms with van der Waals surface area (Å²) >= 11 is 3.12. The molecule has 0 spiro atoms. The lowest BCUT2D eigenvalue weighted by Gasteiger charge is -2.16. The van der Waals surface area contributed by atoms with Gasteiger partial charge in [0.05, 0.1) is 17.2 Å². The molecule has 0 aromatic heterocycles. The zero-order valence-electron chi connectivity index (χ0n) is 10.9. The molecule has 1 unspecified atom stereocenters. The minimum Gasteiger partial charge on any atom is -0.330 e. The molecule has 1 atom stereocenters. The van der Waals surface area contributed by atoms with Crippen molar-refractivity contribution in [3.63, 3.8) is 0 Å². The summed E-state index contributed by atoms with van der Waals surface area (Å²) in [6.07, 6.45) is -3.07. The molecule has 0 saturated heterocycles. The van der Waals surface area contributed by atoms with E-state index in [4.69, 9.17) is 5.73 Å². The Morgan fingerprint density at radius 3 is 2.60 bits per heavy atom. The molecule has 112 valence electrons. The number of nitrogens with one attached hydrogen (secondary N) is 1. The first-order valence-corrected chi connectivity index (χ1v) is 6.96. The van der Waals surface area contributed by atoms with E-state index < -0.39 is 17.7 Å². The van der Waals surface area contributed by atoms with Crippen molar-refractivity contribution in [2.75, 3.05) is 11.9 Å². The zero-order chi connectivity index (χ0) is 15.3. The van der Waals surface area contributed by atoms with Crippen LogP contribution in [0.1, 0.15) is 25.3 Å². The third-order valence-electron chi connectivity index (χ3n) is 2.84. The van der Waals surface area contributed by atoms with Crippen LogP contribution in [0.4, 0.5) is 18.9 Å². The average Bonchev–Trinajstić information content (AvgIpc) is 2.37. The molecule has 0 aliphatic carbocycles. The summed E-state index contributed by atoms with van der Waals surface area (Å²) in [5.41, 5.74) is 4.79. The molecule has 0 saturated carbocycles. The predicted molar refractivity (Wildman–Crippen MR) is 75.2 cm³/mol. The summed E-state index contributed by atoms with van der Waals surface area (Å²) in [7, 11) is 0. The van der Waals surface area contributed by atoms with Crippen molar-refractivity contribution in [2.24, 2.45) is 11.7 Å². The summed E-state index contributed by atoms with van der Waals surface area (Å²) in [5, 5.41) is 2.49. The lowest BCUT2D eigenvalue weighted by atomic mass is 10.0. The second kappa shape index (κ2) is 7.08. The maximum atomic E-state index is 12.6. The minimum atomic E-state index is -4.45. The highest BCUT2D eigenvalue weighted by Crippen LogP contribution is 2.34. The second-order valence-corrected chi connectivity index (χ2v) is 5.26. The van der Waals surface area contributed by atoms with Crippen molar-refractivity contribution in [3.05, 3.63) is 28.2 Å². The largest absolute Gasteiger partial charge is 0.416 e. The van der Waals surface area contributed by atoms with Gasteiger partial charge < -0.3 is 11.1 Å². The Morgan fingerprint density at radius 1 is 1.45 bits per heavy atom. The molecular weight excluding hydrogens is 337 g/mol. The van der Waals surface area contributed by atoms with Gasteiger partial charge in [0, 0.05) is 11.0 Å². The number of rotatable bonds is 5. The maximum Gasteiger partial charge on any atom is 0.416 e. The number of halogens is 4. The van der Waals surface area contributed by atoms with E-state index in [0.29, 0.717) is 10.9 Å². The fraction of sp³-hybridized carbons (Fsp3) is 0.462. The van der Waals surface area contributed by atoms with Crippen LogP contribution in [0.25, 0.3) is 0 Å². The molecule has 7 heteroatoms. The Hall–Kier alpha value is -1.08. The molecular formula is C13H16BrF3N2O. The third-order valence-corrected chi connectivity index (χ3v) is 3.54. The molecule has 1 rings (SSSR count). The smallest absolute Gasteiger partial charge is 0.330 e. The Balaban J connectivity index is 2.94. The lowest BCUT2D eigenvalue weighted by Crippen LogP contribution is -2.29. The van der Waals surface area contributed by atoms with Crippen molar-refractivity contribution in [1.82, 2.24) is 0 Å². The minimum absolute atomic E-state index is 0.0966. The van der Waals surface area contributed by atoms with E-state index >= 15 is 0 Å². The summed E-state index contributed by atoms with van der Waals surface area (Å²) in [5.74, 6) is -0.768. The maximum absolute atomic E-state index is 12.6. The normalized spacial score (nSPS) is 13.1. The van der Waals surface area contributed by atoms with Crippen LogP contribution < -0.4 is 11.1 Å². The van der Waals surface area contributed by atoms with Crippen molar-refractivity contribution in [1.29, 1.82) is 0 Å². The van der Waals surface area contributed by atoms with E-state index in [1.165, 1.54) is 6.07 Å². The van der Waals surface area contributed by atoms with Crippen LogP contribution in [-0.2, 0) is 11.0 Å². The standard InChI is InChI=1S/C13H16BrF3N2O/c1-2-3-8(7-18)12(20)19-11-6-9(13(15,16)17)4-5-10(11)14/h4-6,8H,2-3,7,18H2,1H3,(H,19,20). The van der Waals surface area contributed by atoms with E-state index in [1.54, 1.807) is 0 Å². The highest BCUT2D eigenvalue weighted by Gasteiger charge is 2.31. The third kappa shape index (κ3) is 4.49. The van der Waals surface area contributed by atoms with Crippen molar-refractivity contribution in [3.8, 4) is 0 Å². The van der Waals surface area contributed by atoms with Gasteiger partial charge in [-0.15, -0.1) is 0 Å². The lowest BCUT2D eigenvalue weighted by molar-refractivity contribution is -0.137. The van der Waals surface area contributed by atoms with Gasteiger partial charge >= 0.3 is 6.18 Å².